The molecule has 0 aliphatic heterocycles. The minimum absolute atomic E-state index is 0.816. The van der Waals surface area contributed by atoms with E-state index in [2.05, 4.69) is 0 Å². The first-order valence-electron chi connectivity index (χ1n) is 3.10. The van der Waals surface area contributed by atoms with Crippen LogP contribution in [-0.4, -0.2) is 32.3 Å². The van der Waals surface area contributed by atoms with Crippen molar-refractivity contribution in [2.24, 2.45) is 0 Å². The Morgan fingerprint density at radius 2 is 1.62 bits per heavy atom. The Labute approximate surface area is 83.2 Å². The first-order chi connectivity index (χ1) is 5.78. The summed E-state index contributed by atoms with van der Waals surface area (Å²) < 4.78 is 0. The molecule has 0 saturated carbocycles. The highest BCUT2D eigenvalue weighted by molar-refractivity contribution is 6.67. The highest BCUT2D eigenvalue weighted by Gasteiger charge is 2.39. The Morgan fingerprint density at radius 3 is 1.85 bits per heavy atom. The molecule has 74 valence electrons. The molecule has 0 radical (unpaired) electrons. The van der Waals surface area contributed by atoms with E-state index in [9.17, 15) is 19.5 Å². The van der Waals surface area contributed by atoms with Crippen LogP contribution in [0.15, 0.2) is 0 Å². The third kappa shape index (κ3) is 4.21. The SMILES string of the molecule is O=C(O)CC(O)(CC(=O)Cl)C(=O)Cl. The lowest BCUT2D eigenvalue weighted by molar-refractivity contribution is -0.148. The van der Waals surface area contributed by atoms with E-state index in [-0.39, 0.29) is 0 Å². The van der Waals surface area contributed by atoms with Crippen molar-refractivity contribution in [1.82, 2.24) is 0 Å². The van der Waals surface area contributed by atoms with Crippen LogP contribution >= 0.6 is 23.2 Å². The summed E-state index contributed by atoms with van der Waals surface area (Å²) in [5.74, 6) is -1.45. The standard InChI is InChI=1S/C6H6Cl2O5/c7-3(9)1-6(13,5(8)12)2-4(10)11/h13H,1-2H2,(H,10,11). The molecule has 0 aliphatic rings. The first kappa shape index (κ1) is 12.3. The molecule has 0 aromatic rings. The normalized spacial score (nSPS) is 14.7. The number of hydrogen-bond acceptors (Lipinski definition) is 4. The molecule has 5 nitrogen and oxygen atoms in total. The second-order valence-electron chi connectivity index (χ2n) is 2.41. The minimum Gasteiger partial charge on any atom is -0.481 e. The van der Waals surface area contributed by atoms with Gasteiger partial charge in [0.1, 0.15) is 0 Å². The first-order valence-corrected chi connectivity index (χ1v) is 3.86. The van der Waals surface area contributed by atoms with Gasteiger partial charge in [-0.1, -0.05) is 0 Å². The number of carboxylic acids is 1. The van der Waals surface area contributed by atoms with Crippen LogP contribution in [0.2, 0.25) is 0 Å². The Morgan fingerprint density at radius 1 is 1.15 bits per heavy atom. The summed E-state index contributed by atoms with van der Waals surface area (Å²) in [5.41, 5.74) is -2.41. The predicted octanol–water partition coefficient (Wildman–Crippen LogP) is 0.113. The summed E-state index contributed by atoms with van der Waals surface area (Å²) in [7, 11) is 0. The third-order valence-corrected chi connectivity index (χ3v) is 1.73. The van der Waals surface area contributed by atoms with E-state index in [1.54, 1.807) is 0 Å². The molecule has 0 aliphatic carbocycles. The van der Waals surface area contributed by atoms with Gasteiger partial charge in [-0.2, -0.15) is 0 Å². The van der Waals surface area contributed by atoms with Crippen LogP contribution < -0.4 is 0 Å². The Hall–Kier alpha value is -0.650. The maximum Gasteiger partial charge on any atom is 0.306 e. The van der Waals surface area contributed by atoms with Crippen LogP contribution in [0.3, 0.4) is 0 Å². The fourth-order valence-electron chi connectivity index (χ4n) is 0.682. The Kier molecular flexibility index (Phi) is 4.32. The van der Waals surface area contributed by atoms with Crippen molar-refractivity contribution in [2.75, 3.05) is 0 Å². The number of carbonyl (C=O) groups is 3. The third-order valence-electron chi connectivity index (χ3n) is 1.24. The predicted molar refractivity (Wildman–Crippen MR) is 43.5 cm³/mol. The zero-order valence-electron chi connectivity index (χ0n) is 6.29. The molecule has 0 saturated heterocycles. The van der Waals surface area contributed by atoms with Gasteiger partial charge in [-0.15, -0.1) is 0 Å². The quantitative estimate of drug-likeness (QED) is 0.653. The summed E-state index contributed by atoms with van der Waals surface area (Å²) in [6, 6.07) is 0. The number of aliphatic hydroxyl groups is 1. The molecule has 0 aromatic carbocycles. The van der Waals surface area contributed by atoms with Crippen LogP contribution in [0.1, 0.15) is 12.8 Å². The van der Waals surface area contributed by atoms with Crippen LogP contribution in [0, 0.1) is 0 Å². The second kappa shape index (κ2) is 4.55. The molecule has 0 rings (SSSR count). The van der Waals surface area contributed by atoms with Crippen LogP contribution in [-0.2, 0) is 14.4 Å². The summed E-state index contributed by atoms with van der Waals surface area (Å²) >= 11 is 9.80. The van der Waals surface area contributed by atoms with Crippen molar-refractivity contribution in [2.45, 2.75) is 18.4 Å². The summed E-state index contributed by atoms with van der Waals surface area (Å²) in [4.78, 5) is 31.1. The molecule has 1 atom stereocenters. The van der Waals surface area contributed by atoms with E-state index in [0.717, 1.165) is 0 Å². The number of carbonyl (C=O) groups excluding carboxylic acids is 2. The Bertz CT molecular complexity index is 233. The summed E-state index contributed by atoms with van der Waals surface area (Å²) in [6.45, 7) is 0. The molecule has 13 heavy (non-hydrogen) atoms. The van der Waals surface area contributed by atoms with Gasteiger partial charge in [0.15, 0.2) is 5.60 Å². The van der Waals surface area contributed by atoms with Gasteiger partial charge in [0, 0.05) is 0 Å². The lowest BCUT2D eigenvalue weighted by Crippen LogP contribution is -2.39. The van der Waals surface area contributed by atoms with Crippen LogP contribution in [0.5, 0.6) is 0 Å². The highest BCUT2D eigenvalue weighted by Crippen LogP contribution is 2.20. The number of hydrogen-bond donors (Lipinski definition) is 2. The smallest absolute Gasteiger partial charge is 0.306 e. The molecule has 0 amide bonds. The van der Waals surface area contributed by atoms with Crippen molar-refractivity contribution >= 4 is 39.7 Å². The fourth-order valence-corrected chi connectivity index (χ4v) is 1.04. The van der Waals surface area contributed by atoms with E-state index in [4.69, 9.17) is 28.3 Å². The van der Waals surface area contributed by atoms with Crippen LogP contribution in [0.25, 0.3) is 0 Å². The molecule has 0 fully saturated rings. The van der Waals surface area contributed by atoms with Gasteiger partial charge in [-0.3, -0.25) is 14.4 Å². The average Bonchev–Trinajstić information content (AvgIpc) is 1.82. The van der Waals surface area contributed by atoms with Crippen molar-refractivity contribution < 1.29 is 24.6 Å². The van der Waals surface area contributed by atoms with Crippen molar-refractivity contribution in [3.8, 4) is 0 Å². The largest absolute Gasteiger partial charge is 0.481 e. The van der Waals surface area contributed by atoms with E-state index in [1.165, 1.54) is 0 Å². The summed E-state index contributed by atoms with van der Waals surface area (Å²) in [5, 5.41) is 15.2. The van der Waals surface area contributed by atoms with Gasteiger partial charge < -0.3 is 10.2 Å². The monoisotopic (exact) mass is 228 g/mol. The van der Waals surface area contributed by atoms with Gasteiger partial charge in [0.05, 0.1) is 12.8 Å². The van der Waals surface area contributed by atoms with E-state index < -0.39 is 34.9 Å². The average molecular weight is 229 g/mol. The number of rotatable bonds is 5. The van der Waals surface area contributed by atoms with Crippen molar-refractivity contribution in [3.63, 3.8) is 0 Å². The van der Waals surface area contributed by atoms with Gasteiger partial charge in [0.25, 0.3) is 5.24 Å². The Balaban J connectivity index is 4.62. The molecule has 2 N–H and O–H groups in total. The van der Waals surface area contributed by atoms with Gasteiger partial charge >= 0.3 is 5.97 Å². The van der Waals surface area contributed by atoms with E-state index in [0.29, 0.717) is 0 Å². The molecule has 0 bridgehead atoms. The van der Waals surface area contributed by atoms with E-state index >= 15 is 0 Å². The maximum atomic E-state index is 10.6. The number of halogens is 2. The molecular formula is C6H6Cl2O5. The van der Waals surface area contributed by atoms with Gasteiger partial charge in [-0.25, -0.2) is 0 Å². The van der Waals surface area contributed by atoms with E-state index in [1.807, 2.05) is 0 Å². The van der Waals surface area contributed by atoms with Crippen LogP contribution in [0.4, 0.5) is 0 Å². The molecule has 7 heteroatoms. The zero-order valence-corrected chi connectivity index (χ0v) is 7.80. The highest BCUT2D eigenvalue weighted by atomic mass is 35.5. The molecule has 0 aromatic heterocycles. The fraction of sp³-hybridized carbons (Fsp3) is 0.500. The van der Waals surface area contributed by atoms with Gasteiger partial charge in [0.2, 0.25) is 5.24 Å². The summed E-state index contributed by atoms with van der Waals surface area (Å²) in [6.07, 6.45) is -1.77. The minimum atomic E-state index is -2.41. The van der Waals surface area contributed by atoms with Crippen molar-refractivity contribution in [1.29, 1.82) is 0 Å². The lowest BCUT2D eigenvalue weighted by atomic mass is 9.98. The molecule has 0 heterocycles. The number of aliphatic carboxylic acids is 1. The van der Waals surface area contributed by atoms with Gasteiger partial charge in [-0.05, 0) is 23.2 Å². The van der Waals surface area contributed by atoms with Crippen molar-refractivity contribution in [3.05, 3.63) is 0 Å². The molecule has 0 spiro atoms. The zero-order chi connectivity index (χ0) is 10.6. The molecule has 1 unspecified atom stereocenters. The topological polar surface area (TPSA) is 91.7 Å². The maximum absolute atomic E-state index is 10.6. The lowest BCUT2D eigenvalue weighted by Gasteiger charge is -2.19. The number of carboxylic acid groups (broad SMARTS) is 1. The second-order valence-corrected chi connectivity index (χ2v) is 3.17. The molecular weight excluding hydrogens is 223 g/mol.